The molecule has 1 heterocycles. The maximum absolute atomic E-state index is 12.2. The number of halogens is 4. The Balaban J connectivity index is 3.26. The van der Waals surface area contributed by atoms with Crippen LogP contribution in [-0.4, -0.2) is 4.98 Å². The molecule has 0 amide bonds. The molecule has 0 N–H and O–H groups in total. The lowest BCUT2D eigenvalue weighted by molar-refractivity contribution is -0.141. The summed E-state index contributed by atoms with van der Waals surface area (Å²) < 4.78 is 36.7. The maximum atomic E-state index is 12.2. The largest absolute Gasteiger partial charge is 0.434 e. The molecule has 0 aliphatic heterocycles. The Morgan fingerprint density at radius 1 is 1.42 bits per heavy atom. The van der Waals surface area contributed by atoms with E-state index in [1.807, 2.05) is 0 Å². The second kappa shape index (κ2) is 3.20. The molecule has 0 atom stereocenters. The van der Waals surface area contributed by atoms with Crippen LogP contribution in [0.3, 0.4) is 0 Å². The van der Waals surface area contributed by atoms with Crippen molar-refractivity contribution in [2.45, 2.75) is 13.1 Å². The van der Waals surface area contributed by atoms with E-state index in [0.29, 0.717) is 5.56 Å². The van der Waals surface area contributed by atoms with Crippen molar-refractivity contribution in [1.29, 1.82) is 0 Å². The standard InChI is InChI=1S/C7H5F3IN/c1-4-2-3-12-6(5(4)11)7(8,9)10/h2-3H,1H3. The molecule has 1 rings (SSSR count). The average Bonchev–Trinajstić information content (AvgIpc) is 1.92. The lowest BCUT2D eigenvalue weighted by atomic mass is 10.2. The van der Waals surface area contributed by atoms with Gasteiger partial charge in [0, 0.05) is 9.77 Å². The van der Waals surface area contributed by atoms with Crippen molar-refractivity contribution in [1.82, 2.24) is 4.98 Å². The molecule has 0 radical (unpaired) electrons. The monoisotopic (exact) mass is 287 g/mol. The van der Waals surface area contributed by atoms with Crippen molar-refractivity contribution in [3.05, 3.63) is 27.1 Å². The number of alkyl halides is 3. The zero-order valence-corrected chi connectivity index (χ0v) is 8.27. The molecular weight excluding hydrogens is 282 g/mol. The molecule has 0 saturated heterocycles. The molecule has 0 aliphatic carbocycles. The number of pyridine rings is 1. The zero-order chi connectivity index (χ0) is 9.35. The van der Waals surface area contributed by atoms with Crippen LogP contribution in [0.5, 0.6) is 0 Å². The SMILES string of the molecule is Cc1ccnc(C(F)(F)F)c1I. The lowest BCUT2D eigenvalue weighted by Gasteiger charge is -2.08. The van der Waals surface area contributed by atoms with Gasteiger partial charge in [-0.2, -0.15) is 13.2 Å². The third kappa shape index (κ3) is 1.88. The fourth-order valence-electron chi connectivity index (χ4n) is 0.738. The normalized spacial score (nSPS) is 11.8. The van der Waals surface area contributed by atoms with Crippen LogP contribution in [0, 0.1) is 10.5 Å². The van der Waals surface area contributed by atoms with Gasteiger partial charge in [-0.05, 0) is 41.1 Å². The van der Waals surface area contributed by atoms with Crippen LogP contribution in [0.1, 0.15) is 11.3 Å². The highest BCUT2D eigenvalue weighted by Gasteiger charge is 2.35. The average molecular weight is 287 g/mol. The first kappa shape index (κ1) is 9.76. The van der Waals surface area contributed by atoms with Crippen molar-refractivity contribution in [3.8, 4) is 0 Å². The van der Waals surface area contributed by atoms with Gasteiger partial charge in [-0.25, -0.2) is 0 Å². The summed E-state index contributed by atoms with van der Waals surface area (Å²) >= 11 is 1.65. The minimum atomic E-state index is -4.34. The van der Waals surface area contributed by atoms with Crippen molar-refractivity contribution < 1.29 is 13.2 Å². The third-order valence-electron chi connectivity index (χ3n) is 1.35. The molecule has 0 spiro atoms. The van der Waals surface area contributed by atoms with E-state index >= 15 is 0 Å². The summed E-state index contributed by atoms with van der Waals surface area (Å²) in [6, 6.07) is 1.55. The predicted molar refractivity (Wildman–Crippen MR) is 46.7 cm³/mol. The van der Waals surface area contributed by atoms with E-state index < -0.39 is 11.9 Å². The smallest absolute Gasteiger partial charge is 0.251 e. The molecular formula is C7H5F3IN. The van der Waals surface area contributed by atoms with Crippen LogP contribution >= 0.6 is 22.6 Å². The van der Waals surface area contributed by atoms with E-state index in [2.05, 4.69) is 4.98 Å². The van der Waals surface area contributed by atoms with Crippen molar-refractivity contribution in [2.75, 3.05) is 0 Å². The van der Waals surface area contributed by atoms with Gasteiger partial charge in [-0.1, -0.05) is 0 Å². The Morgan fingerprint density at radius 2 is 2.00 bits per heavy atom. The van der Waals surface area contributed by atoms with Gasteiger partial charge in [-0.15, -0.1) is 0 Å². The summed E-state index contributed by atoms with van der Waals surface area (Å²) in [6.45, 7) is 1.62. The van der Waals surface area contributed by atoms with Gasteiger partial charge in [0.05, 0.1) is 0 Å². The zero-order valence-electron chi connectivity index (χ0n) is 6.11. The van der Waals surface area contributed by atoms with Crippen molar-refractivity contribution in [2.24, 2.45) is 0 Å². The Kier molecular flexibility index (Phi) is 2.60. The van der Waals surface area contributed by atoms with Crippen molar-refractivity contribution in [3.63, 3.8) is 0 Å². The summed E-state index contributed by atoms with van der Waals surface area (Å²) in [7, 11) is 0. The highest BCUT2D eigenvalue weighted by molar-refractivity contribution is 14.1. The van der Waals surface area contributed by atoms with E-state index in [4.69, 9.17) is 0 Å². The second-order valence-corrected chi connectivity index (χ2v) is 3.37. The summed E-state index contributed by atoms with van der Waals surface area (Å²) in [6.07, 6.45) is -3.18. The molecule has 0 saturated carbocycles. The molecule has 0 bridgehead atoms. The molecule has 0 fully saturated rings. The van der Waals surface area contributed by atoms with Gasteiger partial charge in [0.25, 0.3) is 0 Å². The Labute approximate surface area is 81.1 Å². The Bertz CT molecular complexity index is 295. The number of rotatable bonds is 0. The molecule has 1 aromatic heterocycles. The highest BCUT2D eigenvalue weighted by Crippen LogP contribution is 2.31. The van der Waals surface area contributed by atoms with Gasteiger partial charge in [0.1, 0.15) is 0 Å². The Morgan fingerprint density at radius 3 is 2.42 bits per heavy atom. The molecule has 1 nitrogen and oxygen atoms in total. The van der Waals surface area contributed by atoms with E-state index in [1.54, 1.807) is 35.6 Å². The second-order valence-electron chi connectivity index (χ2n) is 2.29. The summed E-state index contributed by atoms with van der Waals surface area (Å²) in [5, 5.41) is 0. The molecule has 0 aromatic carbocycles. The number of aromatic nitrogens is 1. The van der Waals surface area contributed by atoms with E-state index in [1.165, 1.54) is 6.20 Å². The fraction of sp³-hybridized carbons (Fsp3) is 0.286. The third-order valence-corrected chi connectivity index (χ3v) is 2.71. The van der Waals surface area contributed by atoms with Crippen LogP contribution in [-0.2, 0) is 6.18 Å². The molecule has 66 valence electrons. The van der Waals surface area contributed by atoms with Gasteiger partial charge >= 0.3 is 6.18 Å². The predicted octanol–water partition coefficient (Wildman–Crippen LogP) is 3.01. The van der Waals surface area contributed by atoms with Crippen molar-refractivity contribution >= 4 is 22.6 Å². The van der Waals surface area contributed by atoms with Crippen LogP contribution < -0.4 is 0 Å². The van der Waals surface area contributed by atoms with Crippen LogP contribution in [0.2, 0.25) is 0 Å². The first-order chi connectivity index (χ1) is 5.43. The van der Waals surface area contributed by atoms with E-state index in [9.17, 15) is 13.2 Å². The molecule has 0 aliphatic rings. The lowest BCUT2D eigenvalue weighted by Crippen LogP contribution is -2.10. The van der Waals surface area contributed by atoms with E-state index in [0.717, 1.165) is 0 Å². The van der Waals surface area contributed by atoms with Crippen LogP contribution in [0.15, 0.2) is 12.3 Å². The van der Waals surface area contributed by atoms with E-state index in [-0.39, 0.29) is 3.57 Å². The minimum absolute atomic E-state index is 0.169. The Hall–Kier alpha value is -0.330. The maximum Gasteiger partial charge on any atom is 0.434 e. The summed E-state index contributed by atoms with van der Waals surface area (Å²) in [5.74, 6) is 0. The highest BCUT2D eigenvalue weighted by atomic mass is 127. The minimum Gasteiger partial charge on any atom is -0.251 e. The van der Waals surface area contributed by atoms with Crippen LogP contribution in [0.25, 0.3) is 0 Å². The number of nitrogens with zero attached hydrogens (tertiary/aromatic N) is 1. The summed E-state index contributed by atoms with van der Waals surface area (Å²) in [4.78, 5) is 3.28. The van der Waals surface area contributed by atoms with Gasteiger partial charge in [-0.3, -0.25) is 4.98 Å². The quantitative estimate of drug-likeness (QED) is 0.668. The molecule has 12 heavy (non-hydrogen) atoms. The topological polar surface area (TPSA) is 12.9 Å². The van der Waals surface area contributed by atoms with Gasteiger partial charge in [0.2, 0.25) is 0 Å². The fourth-order valence-corrected chi connectivity index (χ4v) is 1.36. The molecule has 5 heteroatoms. The molecule has 1 aromatic rings. The molecule has 0 unspecified atom stereocenters. The number of hydrogen-bond acceptors (Lipinski definition) is 1. The number of aryl methyl sites for hydroxylation is 1. The first-order valence-electron chi connectivity index (χ1n) is 3.11. The van der Waals surface area contributed by atoms with Crippen LogP contribution in [0.4, 0.5) is 13.2 Å². The van der Waals surface area contributed by atoms with Gasteiger partial charge < -0.3 is 0 Å². The van der Waals surface area contributed by atoms with Gasteiger partial charge in [0.15, 0.2) is 5.69 Å². The summed E-state index contributed by atoms with van der Waals surface area (Å²) in [5.41, 5.74) is -0.207. The number of hydrogen-bond donors (Lipinski definition) is 0. The first-order valence-corrected chi connectivity index (χ1v) is 4.19.